The number of nitrogens with one attached hydrogen (secondary N) is 2. The zero-order valence-electron chi connectivity index (χ0n) is 10.0. The molecule has 0 radical (unpaired) electrons. The smallest absolute Gasteiger partial charge is 0.166 e. The maximum absolute atomic E-state index is 5.79. The fourth-order valence-corrected chi connectivity index (χ4v) is 1.76. The largest absolute Gasteiger partial charge is 0.486 e. The second-order valence-corrected chi connectivity index (χ2v) is 4.29. The van der Waals surface area contributed by atoms with Gasteiger partial charge in [0.15, 0.2) is 16.6 Å². The highest BCUT2D eigenvalue weighted by molar-refractivity contribution is 7.80. The van der Waals surface area contributed by atoms with E-state index in [-0.39, 0.29) is 6.10 Å². The Morgan fingerprint density at radius 2 is 2.17 bits per heavy atom. The molecule has 0 aliphatic carbocycles. The Labute approximate surface area is 112 Å². The Balaban J connectivity index is 1.79. The molecule has 0 amide bonds. The van der Waals surface area contributed by atoms with Crippen LogP contribution in [0.2, 0.25) is 0 Å². The summed E-state index contributed by atoms with van der Waals surface area (Å²) in [5.41, 5.74) is 0. The Morgan fingerprint density at radius 1 is 1.39 bits per heavy atom. The molecule has 1 atom stereocenters. The molecule has 18 heavy (non-hydrogen) atoms. The summed E-state index contributed by atoms with van der Waals surface area (Å²) in [6.45, 7) is 5.39. The van der Waals surface area contributed by atoms with Crippen LogP contribution in [-0.4, -0.2) is 30.9 Å². The van der Waals surface area contributed by atoms with E-state index >= 15 is 0 Å². The minimum atomic E-state index is -0.0385. The summed E-state index contributed by atoms with van der Waals surface area (Å²) in [5, 5.41) is 6.68. The third-order valence-corrected chi connectivity index (χ3v) is 2.75. The van der Waals surface area contributed by atoms with E-state index in [4.69, 9.17) is 21.7 Å². The number of para-hydroxylation sites is 2. The highest BCUT2D eigenvalue weighted by Crippen LogP contribution is 2.30. The third-order valence-electron chi connectivity index (χ3n) is 2.46. The SMILES string of the molecule is C=CCNC(=S)NC[C@@H]1COc2ccccc2O1. The number of ether oxygens (including phenoxy) is 2. The first-order valence-electron chi connectivity index (χ1n) is 5.80. The van der Waals surface area contributed by atoms with E-state index in [2.05, 4.69) is 17.2 Å². The Morgan fingerprint density at radius 3 is 2.94 bits per heavy atom. The van der Waals surface area contributed by atoms with Gasteiger partial charge in [0, 0.05) is 6.54 Å². The molecule has 1 aliphatic heterocycles. The molecule has 2 N–H and O–H groups in total. The van der Waals surface area contributed by atoms with Gasteiger partial charge < -0.3 is 20.1 Å². The van der Waals surface area contributed by atoms with Crippen molar-refractivity contribution < 1.29 is 9.47 Å². The van der Waals surface area contributed by atoms with E-state index in [1.807, 2.05) is 24.3 Å². The zero-order chi connectivity index (χ0) is 12.8. The van der Waals surface area contributed by atoms with Crippen LogP contribution in [0.5, 0.6) is 11.5 Å². The fourth-order valence-electron chi connectivity index (χ4n) is 1.60. The van der Waals surface area contributed by atoms with Crippen LogP contribution >= 0.6 is 12.2 Å². The van der Waals surface area contributed by atoms with Crippen molar-refractivity contribution >= 4 is 17.3 Å². The van der Waals surface area contributed by atoms with Gasteiger partial charge in [-0.1, -0.05) is 18.2 Å². The predicted octanol–water partition coefficient (Wildman–Crippen LogP) is 1.48. The summed E-state index contributed by atoms with van der Waals surface area (Å²) in [5.74, 6) is 1.57. The second kappa shape index (κ2) is 6.26. The van der Waals surface area contributed by atoms with Gasteiger partial charge in [-0.05, 0) is 24.4 Å². The molecule has 1 heterocycles. The van der Waals surface area contributed by atoms with Crippen molar-refractivity contribution in [3.05, 3.63) is 36.9 Å². The molecular formula is C13H16N2O2S. The lowest BCUT2D eigenvalue weighted by Gasteiger charge is -2.26. The Kier molecular flexibility index (Phi) is 4.41. The molecule has 1 aromatic rings. The normalized spacial score (nSPS) is 16.8. The number of fused-ring (bicyclic) bond motifs is 1. The maximum atomic E-state index is 5.79. The van der Waals surface area contributed by atoms with Crippen LogP contribution in [0.4, 0.5) is 0 Å². The average Bonchev–Trinajstić information content (AvgIpc) is 2.42. The predicted molar refractivity (Wildman–Crippen MR) is 75.2 cm³/mol. The van der Waals surface area contributed by atoms with Gasteiger partial charge in [-0.2, -0.15) is 0 Å². The van der Waals surface area contributed by atoms with Crippen molar-refractivity contribution in [2.24, 2.45) is 0 Å². The molecule has 0 bridgehead atoms. The van der Waals surface area contributed by atoms with Crippen LogP contribution in [0.3, 0.4) is 0 Å². The molecular weight excluding hydrogens is 248 g/mol. The fraction of sp³-hybridized carbons (Fsp3) is 0.308. The highest BCUT2D eigenvalue weighted by atomic mass is 32.1. The van der Waals surface area contributed by atoms with Crippen LogP contribution in [-0.2, 0) is 0 Å². The zero-order valence-corrected chi connectivity index (χ0v) is 10.8. The van der Waals surface area contributed by atoms with E-state index in [1.54, 1.807) is 6.08 Å². The Bertz CT molecular complexity index is 437. The standard InChI is InChI=1S/C13H16N2O2S/c1-2-7-14-13(18)15-8-10-9-16-11-5-3-4-6-12(11)17-10/h2-6,10H,1,7-9H2,(H2,14,15,18)/t10-/m1/s1. The summed E-state index contributed by atoms with van der Waals surface area (Å²) in [4.78, 5) is 0. The van der Waals surface area contributed by atoms with Crippen molar-refractivity contribution in [2.75, 3.05) is 19.7 Å². The number of benzene rings is 1. The minimum absolute atomic E-state index is 0.0385. The van der Waals surface area contributed by atoms with Crippen molar-refractivity contribution in [3.63, 3.8) is 0 Å². The maximum Gasteiger partial charge on any atom is 0.166 e. The van der Waals surface area contributed by atoms with Crippen LogP contribution in [0.1, 0.15) is 0 Å². The minimum Gasteiger partial charge on any atom is -0.486 e. The van der Waals surface area contributed by atoms with E-state index in [0.29, 0.717) is 24.8 Å². The van der Waals surface area contributed by atoms with Crippen LogP contribution in [0, 0.1) is 0 Å². The van der Waals surface area contributed by atoms with Gasteiger partial charge in [0.2, 0.25) is 0 Å². The second-order valence-electron chi connectivity index (χ2n) is 3.88. The first-order chi connectivity index (χ1) is 8.79. The summed E-state index contributed by atoms with van der Waals surface area (Å²) < 4.78 is 11.4. The first-order valence-corrected chi connectivity index (χ1v) is 6.21. The number of hydrogen-bond acceptors (Lipinski definition) is 3. The van der Waals surface area contributed by atoms with Crippen LogP contribution in [0.25, 0.3) is 0 Å². The third kappa shape index (κ3) is 3.37. The summed E-state index contributed by atoms with van der Waals surface area (Å²) in [6.07, 6.45) is 1.72. The lowest BCUT2D eigenvalue weighted by Crippen LogP contribution is -2.44. The lowest BCUT2D eigenvalue weighted by atomic mass is 10.2. The molecule has 0 aromatic heterocycles. The quantitative estimate of drug-likeness (QED) is 0.637. The van der Waals surface area contributed by atoms with Crippen molar-refractivity contribution in [1.82, 2.24) is 10.6 Å². The molecule has 0 saturated heterocycles. The van der Waals surface area contributed by atoms with E-state index in [1.165, 1.54) is 0 Å². The molecule has 2 rings (SSSR count). The van der Waals surface area contributed by atoms with Gasteiger partial charge in [-0.3, -0.25) is 0 Å². The molecule has 0 saturated carbocycles. The average molecular weight is 264 g/mol. The van der Waals surface area contributed by atoms with Crippen LogP contribution < -0.4 is 20.1 Å². The molecule has 4 nitrogen and oxygen atoms in total. The molecule has 1 aliphatic rings. The monoisotopic (exact) mass is 264 g/mol. The number of thiocarbonyl (C=S) groups is 1. The lowest BCUT2D eigenvalue weighted by molar-refractivity contribution is 0.0937. The van der Waals surface area contributed by atoms with Gasteiger partial charge >= 0.3 is 0 Å². The van der Waals surface area contributed by atoms with Crippen molar-refractivity contribution in [2.45, 2.75) is 6.10 Å². The topological polar surface area (TPSA) is 42.5 Å². The number of hydrogen-bond donors (Lipinski definition) is 2. The molecule has 0 fully saturated rings. The first kappa shape index (κ1) is 12.7. The summed E-state index contributed by atoms with van der Waals surface area (Å²) in [7, 11) is 0. The van der Waals surface area contributed by atoms with E-state index in [0.717, 1.165) is 11.5 Å². The Hall–Kier alpha value is -1.75. The van der Waals surface area contributed by atoms with Crippen LogP contribution in [0.15, 0.2) is 36.9 Å². The molecule has 1 aromatic carbocycles. The summed E-state index contributed by atoms with van der Waals surface area (Å²) >= 11 is 5.10. The van der Waals surface area contributed by atoms with E-state index in [9.17, 15) is 0 Å². The van der Waals surface area contributed by atoms with Gasteiger partial charge in [-0.15, -0.1) is 6.58 Å². The van der Waals surface area contributed by atoms with Crippen molar-refractivity contribution in [3.8, 4) is 11.5 Å². The highest BCUT2D eigenvalue weighted by Gasteiger charge is 2.20. The van der Waals surface area contributed by atoms with Gasteiger partial charge in [0.25, 0.3) is 0 Å². The molecule has 0 unspecified atom stereocenters. The summed E-state index contributed by atoms with van der Waals surface area (Å²) in [6, 6.07) is 7.65. The number of rotatable bonds is 4. The van der Waals surface area contributed by atoms with Gasteiger partial charge in [0.05, 0.1) is 6.54 Å². The van der Waals surface area contributed by atoms with Gasteiger partial charge in [0.1, 0.15) is 12.7 Å². The molecule has 5 heteroatoms. The molecule has 96 valence electrons. The van der Waals surface area contributed by atoms with Gasteiger partial charge in [-0.25, -0.2) is 0 Å². The molecule has 0 spiro atoms. The van der Waals surface area contributed by atoms with E-state index < -0.39 is 0 Å². The van der Waals surface area contributed by atoms with Crippen molar-refractivity contribution in [1.29, 1.82) is 0 Å².